The highest BCUT2D eigenvalue weighted by Gasteiger charge is 2.15. The molecule has 3 heteroatoms. The second kappa shape index (κ2) is 6.39. The van der Waals surface area contributed by atoms with E-state index in [4.69, 9.17) is 11.6 Å². The number of hydrogen-bond donors (Lipinski definition) is 0. The SMILES string of the molecule is COC(=O)C(Cl)Cc1ccc(-c2ccccc2)cc1. The summed E-state index contributed by atoms with van der Waals surface area (Å²) in [5.74, 6) is -0.395. The smallest absolute Gasteiger partial charge is 0.324 e. The normalized spacial score (nSPS) is 11.9. The summed E-state index contributed by atoms with van der Waals surface area (Å²) in [6.07, 6.45) is 0.475. The Labute approximate surface area is 118 Å². The number of halogens is 1. The Hall–Kier alpha value is -1.80. The topological polar surface area (TPSA) is 26.3 Å². The van der Waals surface area contributed by atoms with Crippen LogP contribution in [0.3, 0.4) is 0 Å². The maximum absolute atomic E-state index is 11.3. The summed E-state index contributed by atoms with van der Waals surface area (Å²) in [6.45, 7) is 0. The summed E-state index contributed by atoms with van der Waals surface area (Å²) in [5.41, 5.74) is 3.34. The molecule has 0 spiro atoms. The molecule has 98 valence electrons. The Morgan fingerprint density at radius 3 is 2.21 bits per heavy atom. The molecule has 0 heterocycles. The van der Waals surface area contributed by atoms with Crippen LogP contribution >= 0.6 is 11.6 Å². The van der Waals surface area contributed by atoms with Crippen molar-refractivity contribution in [2.75, 3.05) is 7.11 Å². The molecule has 2 rings (SSSR count). The maximum atomic E-state index is 11.3. The monoisotopic (exact) mass is 274 g/mol. The molecule has 1 unspecified atom stereocenters. The van der Waals surface area contributed by atoms with Gasteiger partial charge in [0.1, 0.15) is 5.38 Å². The van der Waals surface area contributed by atoms with Gasteiger partial charge in [0, 0.05) is 0 Å². The van der Waals surface area contributed by atoms with Crippen LogP contribution in [0.25, 0.3) is 11.1 Å². The van der Waals surface area contributed by atoms with Gasteiger partial charge >= 0.3 is 5.97 Å². The van der Waals surface area contributed by atoms with Gasteiger partial charge in [0.15, 0.2) is 0 Å². The highest BCUT2D eigenvalue weighted by molar-refractivity contribution is 6.30. The maximum Gasteiger partial charge on any atom is 0.324 e. The Morgan fingerprint density at radius 1 is 1.05 bits per heavy atom. The van der Waals surface area contributed by atoms with Crippen molar-refractivity contribution in [3.8, 4) is 11.1 Å². The molecule has 0 aliphatic heterocycles. The summed E-state index contributed by atoms with van der Waals surface area (Å²) >= 11 is 5.95. The summed E-state index contributed by atoms with van der Waals surface area (Å²) in [4.78, 5) is 11.3. The lowest BCUT2D eigenvalue weighted by molar-refractivity contribution is -0.140. The molecule has 0 saturated carbocycles. The lowest BCUT2D eigenvalue weighted by Crippen LogP contribution is -2.18. The minimum absolute atomic E-state index is 0.395. The molecule has 0 saturated heterocycles. The first-order chi connectivity index (χ1) is 9.20. The van der Waals surface area contributed by atoms with E-state index in [0.29, 0.717) is 6.42 Å². The molecule has 0 N–H and O–H groups in total. The zero-order valence-corrected chi connectivity index (χ0v) is 11.4. The number of methoxy groups -OCH3 is 1. The van der Waals surface area contributed by atoms with Crippen molar-refractivity contribution in [3.63, 3.8) is 0 Å². The first-order valence-corrected chi connectivity index (χ1v) is 6.50. The molecule has 0 bridgehead atoms. The van der Waals surface area contributed by atoms with Gasteiger partial charge in [0.2, 0.25) is 0 Å². The van der Waals surface area contributed by atoms with Crippen molar-refractivity contribution in [2.24, 2.45) is 0 Å². The average molecular weight is 275 g/mol. The van der Waals surface area contributed by atoms with Crippen LogP contribution in [0.2, 0.25) is 0 Å². The standard InChI is InChI=1S/C16H15ClO2/c1-19-16(18)15(17)11-12-7-9-14(10-8-12)13-5-3-2-4-6-13/h2-10,15H,11H2,1H3. The van der Waals surface area contributed by atoms with Gasteiger partial charge in [-0.1, -0.05) is 54.6 Å². The summed E-state index contributed by atoms with van der Waals surface area (Å²) < 4.78 is 4.61. The highest BCUT2D eigenvalue weighted by Crippen LogP contribution is 2.20. The first kappa shape index (κ1) is 13.6. The van der Waals surface area contributed by atoms with E-state index in [-0.39, 0.29) is 0 Å². The summed E-state index contributed by atoms with van der Waals surface area (Å²) in [6, 6.07) is 18.2. The average Bonchev–Trinajstić information content (AvgIpc) is 2.48. The zero-order chi connectivity index (χ0) is 13.7. The molecule has 0 amide bonds. The van der Waals surface area contributed by atoms with Gasteiger partial charge in [-0.2, -0.15) is 0 Å². The molecule has 0 aromatic heterocycles. The predicted octanol–water partition coefficient (Wildman–Crippen LogP) is 3.68. The fraction of sp³-hybridized carbons (Fsp3) is 0.188. The number of alkyl halides is 1. The van der Waals surface area contributed by atoms with Gasteiger partial charge in [-0.15, -0.1) is 11.6 Å². The largest absolute Gasteiger partial charge is 0.468 e. The third kappa shape index (κ3) is 3.58. The lowest BCUT2D eigenvalue weighted by atomic mass is 10.0. The number of hydrogen-bond acceptors (Lipinski definition) is 2. The minimum atomic E-state index is -0.632. The van der Waals surface area contributed by atoms with Gasteiger partial charge in [-0.25, -0.2) is 0 Å². The van der Waals surface area contributed by atoms with E-state index in [2.05, 4.69) is 16.9 Å². The van der Waals surface area contributed by atoms with Gasteiger partial charge in [-0.05, 0) is 23.1 Å². The summed E-state index contributed by atoms with van der Waals surface area (Å²) in [5, 5.41) is -0.632. The first-order valence-electron chi connectivity index (χ1n) is 6.07. The van der Waals surface area contributed by atoms with E-state index in [1.54, 1.807) is 0 Å². The molecular weight excluding hydrogens is 260 g/mol. The van der Waals surface area contributed by atoms with Crippen LogP contribution in [0.15, 0.2) is 54.6 Å². The van der Waals surface area contributed by atoms with Gasteiger partial charge in [0.05, 0.1) is 7.11 Å². The van der Waals surface area contributed by atoms with Gasteiger partial charge in [-0.3, -0.25) is 4.79 Å². The molecular formula is C16H15ClO2. The van der Waals surface area contributed by atoms with Crippen LogP contribution in [0, 0.1) is 0 Å². The van der Waals surface area contributed by atoms with Crippen LogP contribution < -0.4 is 0 Å². The lowest BCUT2D eigenvalue weighted by Gasteiger charge is -2.08. The number of rotatable bonds is 4. The molecule has 2 aromatic carbocycles. The van der Waals surface area contributed by atoms with Crippen LogP contribution in [-0.2, 0) is 16.0 Å². The van der Waals surface area contributed by atoms with Crippen molar-refractivity contribution in [1.82, 2.24) is 0 Å². The molecule has 0 aliphatic carbocycles. The van der Waals surface area contributed by atoms with Crippen LogP contribution in [-0.4, -0.2) is 18.5 Å². The number of esters is 1. The summed E-state index contributed by atoms with van der Waals surface area (Å²) in [7, 11) is 1.34. The van der Waals surface area contributed by atoms with Crippen LogP contribution in [0.5, 0.6) is 0 Å². The fourth-order valence-corrected chi connectivity index (χ4v) is 2.15. The van der Waals surface area contributed by atoms with E-state index in [1.807, 2.05) is 42.5 Å². The molecule has 0 aliphatic rings. The zero-order valence-electron chi connectivity index (χ0n) is 10.7. The van der Waals surface area contributed by atoms with Crippen molar-refractivity contribution >= 4 is 17.6 Å². The predicted molar refractivity (Wildman–Crippen MR) is 77.2 cm³/mol. The molecule has 19 heavy (non-hydrogen) atoms. The van der Waals surface area contributed by atoms with Crippen molar-refractivity contribution in [3.05, 3.63) is 60.2 Å². The van der Waals surface area contributed by atoms with E-state index in [0.717, 1.165) is 11.1 Å². The molecule has 2 nitrogen and oxygen atoms in total. The van der Waals surface area contributed by atoms with Crippen molar-refractivity contribution in [1.29, 1.82) is 0 Å². The fourth-order valence-electron chi connectivity index (χ4n) is 1.88. The highest BCUT2D eigenvalue weighted by atomic mass is 35.5. The second-order valence-corrected chi connectivity index (χ2v) is 4.78. The van der Waals surface area contributed by atoms with Gasteiger partial charge in [0.25, 0.3) is 0 Å². The Morgan fingerprint density at radius 2 is 1.63 bits per heavy atom. The van der Waals surface area contributed by atoms with E-state index in [1.165, 1.54) is 12.7 Å². The van der Waals surface area contributed by atoms with Crippen molar-refractivity contribution < 1.29 is 9.53 Å². The molecule has 0 fully saturated rings. The molecule has 1 atom stereocenters. The Balaban J connectivity index is 2.09. The van der Waals surface area contributed by atoms with E-state index < -0.39 is 11.3 Å². The quantitative estimate of drug-likeness (QED) is 0.628. The minimum Gasteiger partial charge on any atom is -0.468 e. The number of ether oxygens (including phenoxy) is 1. The number of carbonyl (C=O) groups is 1. The van der Waals surface area contributed by atoms with Crippen LogP contribution in [0.4, 0.5) is 0 Å². The number of benzene rings is 2. The third-order valence-electron chi connectivity index (χ3n) is 2.93. The Kier molecular flexibility index (Phi) is 4.58. The second-order valence-electron chi connectivity index (χ2n) is 4.26. The molecule has 2 aromatic rings. The van der Waals surface area contributed by atoms with E-state index in [9.17, 15) is 4.79 Å². The van der Waals surface area contributed by atoms with Crippen molar-refractivity contribution in [2.45, 2.75) is 11.8 Å². The third-order valence-corrected chi connectivity index (χ3v) is 3.27. The van der Waals surface area contributed by atoms with Gasteiger partial charge < -0.3 is 4.74 Å². The number of carbonyl (C=O) groups excluding carboxylic acids is 1. The van der Waals surface area contributed by atoms with E-state index >= 15 is 0 Å². The Bertz CT molecular complexity index is 534. The molecule has 0 radical (unpaired) electrons. The van der Waals surface area contributed by atoms with Crippen LogP contribution in [0.1, 0.15) is 5.56 Å².